The number of amides is 3. The van der Waals surface area contributed by atoms with Gasteiger partial charge in [0.1, 0.15) is 18.9 Å². The number of morpholine rings is 1. The van der Waals surface area contributed by atoms with E-state index in [2.05, 4.69) is 10.2 Å². The number of anilines is 2. The number of carbonyl (C=O) groups is 3. The average molecular weight is 530 g/mol. The van der Waals surface area contributed by atoms with Gasteiger partial charge in [0.15, 0.2) is 0 Å². The van der Waals surface area contributed by atoms with E-state index in [0.29, 0.717) is 31.3 Å². The zero-order chi connectivity index (χ0) is 26.3. The second-order valence-electron chi connectivity index (χ2n) is 8.81. The van der Waals surface area contributed by atoms with Crippen LogP contribution in [0.15, 0.2) is 83.8 Å². The Hall–Kier alpha value is -4.08. The normalized spacial score (nSPS) is 16.7. The molecule has 3 amide bonds. The summed E-state index contributed by atoms with van der Waals surface area (Å²) in [6.07, 6.45) is 1.65. The second-order valence-corrected chi connectivity index (χ2v) is 9.80. The van der Waals surface area contributed by atoms with E-state index in [-0.39, 0.29) is 11.4 Å². The standard InChI is InChI=1S/C29H27N3O5S/c33-27(30-23-8-10-24(11-9-23)31-14-16-36-17-15-31)19-32-28(34)26(38-29(32)35)18-21-6-12-25(13-7-21)37-20-22-4-2-1-3-5-22/h1-13,18H,14-17,19-20H2,(H,30,33)/b26-18+. The van der Waals surface area contributed by atoms with Crippen LogP contribution in [0.5, 0.6) is 5.75 Å². The summed E-state index contributed by atoms with van der Waals surface area (Å²) in [5.41, 5.74) is 3.48. The first-order valence-corrected chi connectivity index (χ1v) is 13.1. The van der Waals surface area contributed by atoms with Crippen molar-refractivity contribution in [3.63, 3.8) is 0 Å². The Morgan fingerprint density at radius 1 is 0.947 bits per heavy atom. The molecule has 0 spiro atoms. The molecule has 3 aromatic carbocycles. The molecule has 0 unspecified atom stereocenters. The molecule has 3 aromatic rings. The molecule has 0 atom stereocenters. The maximum absolute atomic E-state index is 12.8. The lowest BCUT2D eigenvalue weighted by Gasteiger charge is -2.28. The van der Waals surface area contributed by atoms with Crippen LogP contribution in [0.1, 0.15) is 11.1 Å². The predicted molar refractivity (Wildman–Crippen MR) is 148 cm³/mol. The third kappa shape index (κ3) is 6.42. The van der Waals surface area contributed by atoms with Gasteiger partial charge in [-0.1, -0.05) is 42.5 Å². The fraction of sp³-hybridized carbons (Fsp3) is 0.207. The zero-order valence-electron chi connectivity index (χ0n) is 20.7. The van der Waals surface area contributed by atoms with Gasteiger partial charge in [-0.05, 0) is 65.4 Å². The number of imide groups is 1. The SMILES string of the molecule is O=C(CN1C(=O)S/C(=C/c2ccc(OCc3ccccc3)cc2)C1=O)Nc1ccc(N2CCOCC2)cc1. The monoisotopic (exact) mass is 529 g/mol. The Balaban J connectivity index is 1.15. The van der Waals surface area contributed by atoms with Crippen molar-refractivity contribution in [3.8, 4) is 5.75 Å². The molecule has 2 fully saturated rings. The lowest BCUT2D eigenvalue weighted by Crippen LogP contribution is -2.36. The first kappa shape index (κ1) is 25.6. The molecular formula is C29H27N3O5S. The molecule has 2 heterocycles. The van der Waals surface area contributed by atoms with Crippen molar-refractivity contribution >= 4 is 46.3 Å². The van der Waals surface area contributed by atoms with E-state index in [0.717, 1.165) is 46.6 Å². The van der Waals surface area contributed by atoms with Crippen molar-refractivity contribution in [1.29, 1.82) is 0 Å². The Morgan fingerprint density at radius 3 is 2.37 bits per heavy atom. The Bertz CT molecular complexity index is 1320. The summed E-state index contributed by atoms with van der Waals surface area (Å²) in [5, 5.41) is 2.29. The lowest BCUT2D eigenvalue weighted by molar-refractivity contribution is -0.127. The Kier molecular flexibility index (Phi) is 8.06. The molecule has 0 aromatic heterocycles. The lowest BCUT2D eigenvalue weighted by atomic mass is 10.2. The van der Waals surface area contributed by atoms with Crippen LogP contribution in [0, 0.1) is 0 Å². The van der Waals surface area contributed by atoms with Crippen LogP contribution >= 0.6 is 11.8 Å². The molecule has 194 valence electrons. The van der Waals surface area contributed by atoms with Crippen molar-refractivity contribution in [2.75, 3.05) is 43.1 Å². The van der Waals surface area contributed by atoms with Gasteiger partial charge in [-0.15, -0.1) is 0 Å². The Morgan fingerprint density at radius 2 is 1.66 bits per heavy atom. The van der Waals surface area contributed by atoms with E-state index < -0.39 is 17.1 Å². The van der Waals surface area contributed by atoms with Gasteiger partial charge in [0.25, 0.3) is 11.1 Å². The van der Waals surface area contributed by atoms with Gasteiger partial charge in [0, 0.05) is 24.5 Å². The molecule has 5 rings (SSSR count). The molecule has 2 aliphatic rings. The second kappa shape index (κ2) is 12.0. The molecule has 2 aliphatic heterocycles. The van der Waals surface area contributed by atoms with E-state index in [1.807, 2.05) is 78.9 Å². The molecule has 2 saturated heterocycles. The molecular weight excluding hydrogens is 502 g/mol. The molecule has 0 radical (unpaired) electrons. The van der Waals surface area contributed by atoms with Crippen LogP contribution in [0.2, 0.25) is 0 Å². The number of nitrogens with one attached hydrogen (secondary N) is 1. The molecule has 8 nitrogen and oxygen atoms in total. The minimum atomic E-state index is -0.484. The number of hydrogen-bond donors (Lipinski definition) is 1. The van der Waals surface area contributed by atoms with Crippen molar-refractivity contribution < 1.29 is 23.9 Å². The van der Waals surface area contributed by atoms with Gasteiger partial charge in [-0.25, -0.2) is 0 Å². The van der Waals surface area contributed by atoms with Crippen molar-refractivity contribution in [2.24, 2.45) is 0 Å². The van der Waals surface area contributed by atoms with Crippen LogP contribution in [0.4, 0.5) is 16.2 Å². The number of ether oxygens (including phenoxy) is 2. The van der Waals surface area contributed by atoms with E-state index >= 15 is 0 Å². The molecule has 0 aliphatic carbocycles. The fourth-order valence-electron chi connectivity index (χ4n) is 4.11. The van der Waals surface area contributed by atoms with Gasteiger partial charge in [-0.3, -0.25) is 19.3 Å². The zero-order valence-corrected chi connectivity index (χ0v) is 21.5. The largest absolute Gasteiger partial charge is 0.489 e. The maximum atomic E-state index is 12.8. The van der Waals surface area contributed by atoms with Crippen LogP contribution in [0.3, 0.4) is 0 Å². The molecule has 1 N–H and O–H groups in total. The minimum absolute atomic E-state index is 0.274. The number of nitrogens with zero attached hydrogens (tertiary/aromatic N) is 2. The molecule has 0 bridgehead atoms. The minimum Gasteiger partial charge on any atom is -0.489 e. The van der Waals surface area contributed by atoms with Crippen LogP contribution in [0.25, 0.3) is 6.08 Å². The summed E-state index contributed by atoms with van der Waals surface area (Å²) < 4.78 is 11.2. The smallest absolute Gasteiger partial charge is 0.294 e. The van der Waals surface area contributed by atoms with E-state index in [1.165, 1.54) is 0 Å². The van der Waals surface area contributed by atoms with Gasteiger partial charge in [0.05, 0.1) is 18.1 Å². The number of rotatable bonds is 8. The van der Waals surface area contributed by atoms with Gasteiger partial charge in [-0.2, -0.15) is 0 Å². The number of thioether (sulfide) groups is 1. The number of benzene rings is 3. The molecule has 9 heteroatoms. The summed E-state index contributed by atoms with van der Waals surface area (Å²) in [4.78, 5) is 41.4. The number of hydrogen-bond acceptors (Lipinski definition) is 7. The van der Waals surface area contributed by atoms with Gasteiger partial charge in [0.2, 0.25) is 5.91 Å². The van der Waals surface area contributed by atoms with Gasteiger partial charge >= 0.3 is 0 Å². The maximum Gasteiger partial charge on any atom is 0.294 e. The highest BCUT2D eigenvalue weighted by Gasteiger charge is 2.36. The highest BCUT2D eigenvalue weighted by molar-refractivity contribution is 8.18. The topological polar surface area (TPSA) is 88.2 Å². The quantitative estimate of drug-likeness (QED) is 0.420. The Labute approximate surface area is 225 Å². The van der Waals surface area contributed by atoms with Gasteiger partial charge < -0.3 is 19.7 Å². The number of carbonyl (C=O) groups excluding carboxylic acids is 3. The van der Waals surface area contributed by atoms with Crippen LogP contribution in [-0.4, -0.2) is 54.8 Å². The summed E-state index contributed by atoms with van der Waals surface area (Å²) in [7, 11) is 0. The first-order chi connectivity index (χ1) is 18.5. The molecule has 38 heavy (non-hydrogen) atoms. The van der Waals surface area contributed by atoms with Crippen molar-refractivity contribution in [1.82, 2.24) is 4.90 Å². The first-order valence-electron chi connectivity index (χ1n) is 12.3. The summed E-state index contributed by atoms with van der Waals surface area (Å²) in [5.74, 6) is -0.219. The van der Waals surface area contributed by atoms with Crippen LogP contribution < -0.4 is 15.0 Å². The van der Waals surface area contributed by atoms with E-state index in [9.17, 15) is 14.4 Å². The highest BCUT2D eigenvalue weighted by Crippen LogP contribution is 2.32. The van der Waals surface area contributed by atoms with Crippen molar-refractivity contribution in [2.45, 2.75) is 6.61 Å². The van der Waals surface area contributed by atoms with E-state index in [4.69, 9.17) is 9.47 Å². The summed E-state index contributed by atoms with van der Waals surface area (Å²) >= 11 is 0.826. The third-order valence-corrected chi connectivity index (χ3v) is 7.04. The summed E-state index contributed by atoms with van der Waals surface area (Å²) in [6.45, 7) is 3.15. The average Bonchev–Trinajstić information content (AvgIpc) is 3.21. The highest BCUT2D eigenvalue weighted by atomic mass is 32.2. The summed E-state index contributed by atoms with van der Waals surface area (Å²) in [6, 6.07) is 24.6. The molecule has 0 saturated carbocycles. The predicted octanol–water partition coefficient (Wildman–Crippen LogP) is 4.78. The third-order valence-electron chi connectivity index (χ3n) is 6.13. The van der Waals surface area contributed by atoms with E-state index in [1.54, 1.807) is 6.08 Å². The fourth-order valence-corrected chi connectivity index (χ4v) is 4.95. The van der Waals surface area contributed by atoms with Crippen LogP contribution in [-0.2, 0) is 20.9 Å². The van der Waals surface area contributed by atoms with Crippen molar-refractivity contribution in [3.05, 3.63) is 94.9 Å².